The second-order valence-corrected chi connectivity index (χ2v) is 5.03. The van der Waals surface area contributed by atoms with Gasteiger partial charge in [0, 0.05) is 20.6 Å². The summed E-state index contributed by atoms with van der Waals surface area (Å²) in [5.74, 6) is 1.33. The highest BCUT2D eigenvalue weighted by Crippen LogP contribution is 2.10. The van der Waals surface area contributed by atoms with E-state index >= 15 is 0 Å². The first-order valence-electron chi connectivity index (χ1n) is 7.12. The molecule has 1 aromatic heterocycles. The average Bonchev–Trinajstić information content (AvgIpc) is 2.90. The Morgan fingerprint density at radius 3 is 2.74 bits per heavy atom. The lowest BCUT2D eigenvalue weighted by Gasteiger charge is -2.12. The Morgan fingerprint density at radius 2 is 2.13 bits per heavy atom. The largest absolute Gasteiger partial charge is 0.356 e. The van der Waals surface area contributed by atoms with Gasteiger partial charge in [-0.25, -0.2) is 4.39 Å². The maximum Gasteiger partial charge on any atom is 0.191 e. The van der Waals surface area contributed by atoms with Crippen LogP contribution in [-0.2, 0) is 20.0 Å². The highest BCUT2D eigenvalue weighted by atomic mass is 127. The summed E-state index contributed by atoms with van der Waals surface area (Å²) in [5.41, 5.74) is 2.08. The normalized spacial score (nSPS) is 11.0. The van der Waals surface area contributed by atoms with Gasteiger partial charge in [-0.15, -0.1) is 34.2 Å². The zero-order valence-corrected chi connectivity index (χ0v) is 15.8. The molecule has 0 aliphatic carbocycles. The van der Waals surface area contributed by atoms with Crippen LogP contribution in [0.3, 0.4) is 0 Å². The molecule has 6 nitrogen and oxygen atoms in total. The van der Waals surface area contributed by atoms with E-state index in [2.05, 4.69) is 25.8 Å². The SMILES string of the molecule is CN=C(NCCc1ccc(F)cc1C)NCc1nncn1C.I. The summed E-state index contributed by atoms with van der Waals surface area (Å²) in [6, 6.07) is 4.86. The third-order valence-corrected chi connectivity index (χ3v) is 3.43. The minimum Gasteiger partial charge on any atom is -0.356 e. The molecule has 2 rings (SSSR count). The second-order valence-electron chi connectivity index (χ2n) is 5.03. The Kier molecular flexibility index (Phi) is 7.93. The summed E-state index contributed by atoms with van der Waals surface area (Å²) in [6.45, 7) is 3.18. The Balaban J connectivity index is 0.00000264. The summed E-state index contributed by atoms with van der Waals surface area (Å²) in [7, 11) is 3.61. The summed E-state index contributed by atoms with van der Waals surface area (Å²) < 4.78 is 14.9. The molecule has 0 spiro atoms. The minimum absolute atomic E-state index is 0. The number of benzene rings is 1. The summed E-state index contributed by atoms with van der Waals surface area (Å²) in [4.78, 5) is 4.16. The van der Waals surface area contributed by atoms with E-state index in [-0.39, 0.29) is 29.8 Å². The molecule has 0 aliphatic rings. The van der Waals surface area contributed by atoms with Crippen molar-refractivity contribution < 1.29 is 4.39 Å². The number of rotatable bonds is 5. The molecular formula is C15H22FIN6. The van der Waals surface area contributed by atoms with E-state index in [1.54, 1.807) is 19.4 Å². The van der Waals surface area contributed by atoms with Crippen molar-refractivity contribution in [1.82, 2.24) is 25.4 Å². The molecule has 0 saturated heterocycles. The molecule has 0 aliphatic heterocycles. The third-order valence-electron chi connectivity index (χ3n) is 3.43. The van der Waals surface area contributed by atoms with Gasteiger partial charge in [-0.3, -0.25) is 4.99 Å². The molecule has 0 amide bonds. The number of hydrogen-bond donors (Lipinski definition) is 2. The molecule has 0 atom stereocenters. The standard InChI is InChI=1S/C15H21FN6.HI/c1-11-8-13(16)5-4-12(11)6-7-18-15(17-2)19-9-14-21-20-10-22(14)3;/h4-5,8,10H,6-7,9H2,1-3H3,(H2,17,18,19);1H. The van der Waals surface area contributed by atoms with Crippen LogP contribution in [0.4, 0.5) is 4.39 Å². The summed E-state index contributed by atoms with van der Waals surface area (Å²) in [6.07, 6.45) is 2.46. The Hall–Kier alpha value is -1.71. The molecule has 0 unspecified atom stereocenters. The highest BCUT2D eigenvalue weighted by molar-refractivity contribution is 14.0. The van der Waals surface area contributed by atoms with Crippen molar-refractivity contribution in [3.8, 4) is 0 Å². The van der Waals surface area contributed by atoms with Crippen molar-refractivity contribution >= 4 is 29.9 Å². The Bertz CT molecular complexity index is 655. The van der Waals surface area contributed by atoms with E-state index in [9.17, 15) is 4.39 Å². The minimum atomic E-state index is -0.199. The summed E-state index contributed by atoms with van der Waals surface area (Å²) >= 11 is 0. The molecule has 0 fully saturated rings. The lowest BCUT2D eigenvalue weighted by molar-refractivity contribution is 0.625. The maximum absolute atomic E-state index is 13.1. The molecule has 1 aromatic carbocycles. The Morgan fingerprint density at radius 1 is 1.35 bits per heavy atom. The van der Waals surface area contributed by atoms with Crippen LogP contribution in [-0.4, -0.2) is 34.3 Å². The number of nitrogens with zero attached hydrogens (tertiary/aromatic N) is 4. The van der Waals surface area contributed by atoms with Gasteiger partial charge in [-0.2, -0.15) is 0 Å². The number of aliphatic imine (C=N–C) groups is 1. The second kappa shape index (κ2) is 9.43. The molecule has 0 saturated carbocycles. The first kappa shape index (κ1) is 19.3. The van der Waals surface area contributed by atoms with Gasteiger partial charge in [0.1, 0.15) is 12.1 Å². The number of nitrogens with one attached hydrogen (secondary N) is 2. The lowest BCUT2D eigenvalue weighted by atomic mass is 10.1. The monoisotopic (exact) mass is 432 g/mol. The molecule has 23 heavy (non-hydrogen) atoms. The number of guanidine groups is 1. The quantitative estimate of drug-likeness (QED) is 0.430. The predicted octanol–water partition coefficient (Wildman–Crippen LogP) is 1.79. The van der Waals surface area contributed by atoms with Crippen molar-refractivity contribution in [1.29, 1.82) is 0 Å². The van der Waals surface area contributed by atoms with E-state index in [0.29, 0.717) is 19.0 Å². The van der Waals surface area contributed by atoms with E-state index in [0.717, 1.165) is 23.4 Å². The van der Waals surface area contributed by atoms with Gasteiger partial charge in [0.25, 0.3) is 0 Å². The summed E-state index contributed by atoms with van der Waals surface area (Å²) in [5, 5.41) is 14.2. The number of hydrogen-bond acceptors (Lipinski definition) is 3. The molecule has 0 bridgehead atoms. The molecule has 0 radical (unpaired) electrons. The maximum atomic E-state index is 13.1. The van der Waals surface area contributed by atoms with Crippen molar-refractivity contribution in [2.75, 3.05) is 13.6 Å². The fourth-order valence-electron chi connectivity index (χ4n) is 2.11. The van der Waals surface area contributed by atoms with E-state index in [1.165, 1.54) is 6.07 Å². The van der Waals surface area contributed by atoms with Crippen molar-refractivity contribution in [2.45, 2.75) is 19.9 Å². The fraction of sp³-hybridized carbons (Fsp3) is 0.400. The number of aromatic nitrogens is 3. The number of halogens is 2. The Labute approximate surface area is 152 Å². The topological polar surface area (TPSA) is 67.1 Å². The zero-order valence-electron chi connectivity index (χ0n) is 13.5. The fourth-order valence-corrected chi connectivity index (χ4v) is 2.11. The first-order chi connectivity index (χ1) is 10.6. The van der Waals surface area contributed by atoms with Gasteiger partial charge < -0.3 is 15.2 Å². The van der Waals surface area contributed by atoms with Gasteiger partial charge in [0.15, 0.2) is 11.8 Å². The average molecular weight is 432 g/mol. The van der Waals surface area contributed by atoms with E-state index < -0.39 is 0 Å². The van der Waals surface area contributed by atoms with E-state index in [4.69, 9.17) is 0 Å². The van der Waals surface area contributed by atoms with Gasteiger partial charge in [-0.05, 0) is 36.6 Å². The van der Waals surface area contributed by atoms with Gasteiger partial charge in [0.05, 0.1) is 6.54 Å². The molecule has 126 valence electrons. The van der Waals surface area contributed by atoms with Crippen LogP contribution in [0.2, 0.25) is 0 Å². The molecule has 2 N–H and O–H groups in total. The zero-order chi connectivity index (χ0) is 15.9. The van der Waals surface area contributed by atoms with Crippen molar-refractivity contribution in [3.63, 3.8) is 0 Å². The van der Waals surface area contributed by atoms with Crippen LogP contribution >= 0.6 is 24.0 Å². The molecule has 2 aromatic rings. The van der Waals surface area contributed by atoms with Crippen LogP contribution < -0.4 is 10.6 Å². The molecular weight excluding hydrogens is 410 g/mol. The van der Waals surface area contributed by atoms with Crippen LogP contribution in [0.5, 0.6) is 0 Å². The smallest absolute Gasteiger partial charge is 0.191 e. The number of aryl methyl sites for hydroxylation is 2. The lowest BCUT2D eigenvalue weighted by Crippen LogP contribution is -2.38. The van der Waals surface area contributed by atoms with Crippen LogP contribution in [0, 0.1) is 12.7 Å². The van der Waals surface area contributed by atoms with Crippen LogP contribution in [0.25, 0.3) is 0 Å². The first-order valence-corrected chi connectivity index (χ1v) is 7.12. The van der Waals surface area contributed by atoms with Gasteiger partial charge in [0.2, 0.25) is 0 Å². The predicted molar refractivity (Wildman–Crippen MR) is 99.5 cm³/mol. The van der Waals surface area contributed by atoms with Gasteiger partial charge in [-0.1, -0.05) is 6.07 Å². The third kappa shape index (κ3) is 5.77. The molecule has 8 heteroatoms. The van der Waals surface area contributed by atoms with Crippen molar-refractivity contribution in [3.05, 3.63) is 47.3 Å². The van der Waals surface area contributed by atoms with E-state index in [1.807, 2.05) is 24.6 Å². The highest BCUT2D eigenvalue weighted by Gasteiger charge is 2.04. The van der Waals surface area contributed by atoms with Crippen LogP contribution in [0.1, 0.15) is 17.0 Å². The van der Waals surface area contributed by atoms with Crippen molar-refractivity contribution in [2.24, 2.45) is 12.0 Å². The van der Waals surface area contributed by atoms with Crippen LogP contribution in [0.15, 0.2) is 29.5 Å². The van der Waals surface area contributed by atoms with Gasteiger partial charge >= 0.3 is 0 Å². The molecule has 1 heterocycles.